The summed E-state index contributed by atoms with van der Waals surface area (Å²) in [4.78, 5) is 23.7. The molecule has 0 saturated carbocycles. The normalized spacial score (nSPS) is 14.1. The number of alkyl halides is 3. The molecular weight excluding hydrogens is 237 g/mol. The van der Waals surface area contributed by atoms with Crippen LogP contribution in [-0.2, 0) is 9.59 Å². The summed E-state index contributed by atoms with van der Waals surface area (Å²) in [7, 11) is 2.83. The van der Waals surface area contributed by atoms with Gasteiger partial charge in [0, 0.05) is 14.1 Å². The van der Waals surface area contributed by atoms with Crippen LogP contribution < -0.4 is 5.32 Å². The Morgan fingerprint density at radius 1 is 1.12 bits per heavy atom. The number of nitrogens with one attached hydrogen (secondary N) is 1. The van der Waals surface area contributed by atoms with Crippen molar-refractivity contribution in [2.75, 3.05) is 14.1 Å². The molecule has 0 heterocycles. The number of likely N-dealkylation sites (N-methyl/N-ethyl adjacent to an activating group) is 1. The minimum absolute atomic E-state index is 0.574. The highest BCUT2D eigenvalue weighted by atomic mass is 19.4. The average Bonchev–Trinajstić information content (AvgIpc) is 2.08. The van der Waals surface area contributed by atoms with Gasteiger partial charge in [-0.1, -0.05) is 20.8 Å². The van der Waals surface area contributed by atoms with E-state index in [2.05, 4.69) is 0 Å². The van der Waals surface area contributed by atoms with Crippen LogP contribution in [0.25, 0.3) is 0 Å². The lowest BCUT2D eigenvalue weighted by atomic mass is 9.86. The molecule has 4 nitrogen and oxygen atoms in total. The summed E-state index contributed by atoms with van der Waals surface area (Å²) in [5.41, 5.74) is -0.803. The summed E-state index contributed by atoms with van der Waals surface area (Å²) in [6.45, 7) is 4.74. The third kappa shape index (κ3) is 4.62. The molecule has 0 aromatic heterocycles. The van der Waals surface area contributed by atoms with Crippen molar-refractivity contribution in [1.82, 2.24) is 10.2 Å². The third-order valence-corrected chi connectivity index (χ3v) is 2.09. The summed E-state index contributed by atoms with van der Waals surface area (Å²) in [5.74, 6) is -2.68. The number of nitrogens with zero attached hydrogens (tertiary/aromatic N) is 1. The maximum Gasteiger partial charge on any atom is 0.471 e. The quantitative estimate of drug-likeness (QED) is 0.804. The first-order valence-corrected chi connectivity index (χ1v) is 4.96. The van der Waals surface area contributed by atoms with Gasteiger partial charge >= 0.3 is 12.1 Å². The van der Waals surface area contributed by atoms with Crippen molar-refractivity contribution in [3.63, 3.8) is 0 Å². The molecule has 100 valence electrons. The number of amides is 2. The van der Waals surface area contributed by atoms with Gasteiger partial charge < -0.3 is 10.2 Å². The van der Waals surface area contributed by atoms with Gasteiger partial charge in [0.1, 0.15) is 6.04 Å². The minimum atomic E-state index is -4.99. The third-order valence-electron chi connectivity index (χ3n) is 2.09. The number of carbonyl (C=O) groups excluding carboxylic acids is 2. The topological polar surface area (TPSA) is 49.4 Å². The molecule has 1 unspecified atom stereocenters. The van der Waals surface area contributed by atoms with E-state index in [0.29, 0.717) is 0 Å². The Balaban J connectivity index is 5.00. The average molecular weight is 254 g/mol. The minimum Gasteiger partial charge on any atom is -0.347 e. The standard InChI is InChI=1S/C10H17F3N2O2/c1-9(2,3)6(7(16)15(4)5)14-8(17)10(11,12)13/h6H,1-5H3,(H,14,17). The number of hydrogen-bond acceptors (Lipinski definition) is 2. The van der Waals surface area contributed by atoms with Crippen LogP contribution in [-0.4, -0.2) is 43.0 Å². The van der Waals surface area contributed by atoms with Crippen LogP contribution in [0, 0.1) is 5.41 Å². The van der Waals surface area contributed by atoms with Crippen LogP contribution in [0.2, 0.25) is 0 Å². The highest BCUT2D eigenvalue weighted by Crippen LogP contribution is 2.23. The molecule has 0 aromatic carbocycles. The molecule has 17 heavy (non-hydrogen) atoms. The molecule has 0 aliphatic heterocycles. The Hall–Kier alpha value is -1.27. The zero-order chi connectivity index (χ0) is 14.0. The Morgan fingerprint density at radius 3 is 1.76 bits per heavy atom. The van der Waals surface area contributed by atoms with E-state index >= 15 is 0 Å². The lowest BCUT2D eigenvalue weighted by Gasteiger charge is -2.32. The van der Waals surface area contributed by atoms with E-state index in [4.69, 9.17) is 0 Å². The van der Waals surface area contributed by atoms with Gasteiger partial charge in [0.05, 0.1) is 0 Å². The van der Waals surface area contributed by atoms with E-state index in [1.165, 1.54) is 14.1 Å². The van der Waals surface area contributed by atoms with Crippen LogP contribution in [0.15, 0.2) is 0 Å². The van der Waals surface area contributed by atoms with Gasteiger partial charge in [0.25, 0.3) is 0 Å². The van der Waals surface area contributed by atoms with E-state index < -0.39 is 29.4 Å². The molecular formula is C10H17F3N2O2. The molecule has 0 spiro atoms. The number of rotatable bonds is 2. The molecule has 0 rings (SSSR count). The molecule has 0 radical (unpaired) electrons. The molecule has 0 aliphatic carbocycles. The van der Waals surface area contributed by atoms with Gasteiger partial charge in [0.15, 0.2) is 0 Å². The van der Waals surface area contributed by atoms with Gasteiger partial charge in [-0.15, -0.1) is 0 Å². The summed E-state index contributed by atoms with van der Waals surface area (Å²) in [5, 5.41) is 1.72. The van der Waals surface area contributed by atoms with Gasteiger partial charge in [-0.05, 0) is 5.41 Å². The summed E-state index contributed by atoms with van der Waals surface area (Å²) in [6.07, 6.45) is -4.99. The number of hydrogen-bond donors (Lipinski definition) is 1. The Bertz CT molecular complexity index is 306. The smallest absolute Gasteiger partial charge is 0.347 e. The zero-order valence-corrected chi connectivity index (χ0v) is 10.5. The Kier molecular flexibility index (Phi) is 4.56. The molecule has 0 saturated heterocycles. The predicted molar refractivity (Wildman–Crippen MR) is 56.1 cm³/mol. The Labute approximate surface area is 98.2 Å². The maximum atomic E-state index is 12.1. The first-order chi connectivity index (χ1) is 7.37. The zero-order valence-electron chi connectivity index (χ0n) is 10.5. The van der Waals surface area contributed by atoms with E-state index in [1.54, 1.807) is 26.1 Å². The van der Waals surface area contributed by atoms with Gasteiger partial charge in [-0.3, -0.25) is 9.59 Å². The van der Waals surface area contributed by atoms with Gasteiger partial charge in [0.2, 0.25) is 5.91 Å². The van der Waals surface area contributed by atoms with Crippen molar-refractivity contribution in [1.29, 1.82) is 0 Å². The fourth-order valence-corrected chi connectivity index (χ4v) is 1.12. The maximum absolute atomic E-state index is 12.1. The molecule has 1 N–H and O–H groups in total. The molecule has 0 bridgehead atoms. The van der Waals surface area contributed by atoms with Crippen molar-refractivity contribution in [2.24, 2.45) is 5.41 Å². The van der Waals surface area contributed by atoms with E-state index in [1.807, 2.05) is 0 Å². The monoisotopic (exact) mass is 254 g/mol. The fourth-order valence-electron chi connectivity index (χ4n) is 1.12. The van der Waals surface area contributed by atoms with Crippen molar-refractivity contribution in [2.45, 2.75) is 33.0 Å². The first kappa shape index (κ1) is 15.7. The predicted octanol–water partition coefficient (Wildman–Crippen LogP) is 1.17. The first-order valence-electron chi connectivity index (χ1n) is 4.96. The van der Waals surface area contributed by atoms with Crippen LogP contribution in [0.3, 0.4) is 0 Å². The highest BCUT2D eigenvalue weighted by molar-refractivity contribution is 5.90. The summed E-state index contributed by atoms with van der Waals surface area (Å²) < 4.78 is 36.4. The lowest BCUT2D eigenvalue weighted by molar-refractivity contribution is -0.176. The second-order valence-corrected chi connectivity index (χ2v) is 5.00. The van der Waals surface area contributed by atoms with E-state index in [0.717, 1.165) is 4.90 Å². The second-order valence-electron chi connectivity index (χ2n) is 5.00. The molecule has 0 fully saturated rings. The molecule has 0 aromatic rings. The van der Waals surface area contributed by atoms with Crippen molar-refractivity contribution >= 4 is 11.8 Å². The van der Waals surface area contributed by atoms with E-state index in [9.17, 15) is 22.8 Å². The summed E-state index contributed by atoms with van der Waals surface area (Å²) in [6, 6.07) is -1.22. The Morgan fingerprint density at radius 2 is 1.53 bits per heavy atom. The lowest BCUT2D eigenvalue weighted by Crippen LogP contribution is -2.55. The SMILES string of the molecule is CN(C)C(=O)C(NC(=O)C(F)(F)F)C(C)(C)C. The molecule has 2 amide bonds. The van der Waals surface area contributed by atoms with Crippen LogP contribution >= 0.6 is 0 Å². The van der Waals surface area contributed by atoms with Crippen LogP contribution in [0.5, 0.6) is 0 Å². The largest absolute Gasteiger partial charge is 0.471 e. The fraction of sp³-hybridized carbons (Fsp3) is 0.800. The molecule has 1 atom stereocenters. The molecule has 7 heteroatoms. The van der Waals surface area contributed by atoms with E-state index in [-0.39, 0.29) is 0 Å². The highest BCUT2D eigenvalue weighted by Gasteiger charge is 2.43. The van der Waals surface area contributed by atoms with Crippen molar-refractivity contribution in [3.05, 3.63) is 0 Å². The van der Waals surface area contributed by atoms with Crippen LogP contribution in [0.4, 0.5) is 13.2 Å². The van der Waals surface area contributed by atoms with Gasteiger partial charge in [-0.25, -0.2) is 0 Å². The van der Waals surface area contributed by atoms with Gasteiger partial charge in [-0.2, -0.15) is 13.2 Å². The van der Waals surface area contributed by atoms with Crippen molar-refractivity contribution < 1.29 is 22.8 Å². The van der Waals surface area contributed by atoms with Crippen LogP contribution in [0.1, 0.15) is 20.8 Å². The summed E-state index contributed by atoms with van der Waals surface area (Å²) >= 11 is 0. The number of halogens is 3. The molecule has 0 aliphatic rings. The number of carbonyl (C=O) groups is 2. The second kappa shape index (κ2) is 4.93. The van der Waals surface area contributed by atoms with Crippen molar-refractivity contribution in [3.8, 4) is 0 Å².